The molecule has 0 aliphatic heterocycles. The minimum absolute atomic E-state index is 0.158. The van der Waals surface area contributed by atoms with Gasteiger partial charge in [-0.2, -0.15) is 0 Å². The Morgan fingerprint density at radius 3 is 2.38 bits per heavy atom. The zero-order valence-corrected chi connectivity index (χ0v) is 15.5. The molecule has 0 saturated heterocycles. The third-order valence-corrected chi connectivity index (χ3v) is 8.30. The summed E-state index contributed by atoms with van der Waals surface area (Å²) in [6.07, 6.45) is 7.15. The van der Waals surface area contributed by atoms with Gasteiger partial charge in [0, 0.05) is 0 Å². The molecule has 130 valence electrons. The van der Waals surface area contributed by atoms with Gasteiger partial charge >= 0.3 is 0 Å². The number of rotatable bonds is 5. The number of primary amides is 1. The Labute approximate surface area is 150 Å². The molecule has 24 heavy (non-hydrogen) atoms. The lowest BCUT2D eigenvalue weighted by molar-refractivity contribution is -0.140. The maximum absolute atomic E-state index is 13.0. The van der Waals surface area contributed by atoms with Gasteiger partial charge in [-0.3, -0.25) is 9.59 Å². The van der Waals surface area contributed by atoms with Crippen molar-refractivity contribution in [2.24, 2.45) is 28.9 Å². The van der Waals surface area contributed by atoms with Crippen LogP contribution in [0.2, 0.25) is 0 Å². The Balaban J connectivity index is 1.46. The van der Waals surface area contributed by atoms with Crippen LogP contribution < -0.4 is 11.1 Å². The molecule has 4 saturated carbocycles. The number of nitrogens with one attached hydrogen (secondary N) is 1. The lowest BCUT2D eigenvalue weighted by Gasteiger charge is -2.55. The topological polar surface area (TPSA) is 85.1 Å². The molecule has 1 heterocycles. The van der Waals surface area contributed by atoms with Crippen molar-refractivity contribution < 1.29 is 9.59 Å². The molecular formula is C17H23N3O2S2. The van der Waals surface area contributed by atoms with E-state index in [0.29, 0.717) is 5.13 Å². The van der Waals surface area contributed by atoms with E-state index < -0.39 is 0 Å². The van der Waals surface area contributed by atoms with Crippen molar-refractivity contribution in [2.75, 3.05) is 11.1 Å². The summed E-state index contributed by atoms with van der Waals surface area (Å²) in [4.78, 5) is 28.4. The molecule has 0 atom stereocenters. The smallest absolute Gasteiger partial charge is 0.232 e. The molecule has 2 amide bonds. The van der Waals surface area contributed by atoms with Crippen LogP contribution in [0.15, 0.2) is 4.21 Å². The highest BCUT2D eigenvalue weighted by Gasteiger charge is 2.54. The molecular weight excluding hydrogens is 342 g/mol. The summed E-state index contributed by atoms with van der Waals surface area (Å²) in [5.41, 5.74) is 5.90. The third-order valence-electron chi connectivity index (χ3n) is 5.84. The third kappa shape index (κ3) is 2.96. The van der Waals surface area contributed by atoms with E-state index in [1.165, 1.54) is 42.4 Å². The van der Waals surface area contributed by atoms with Crippen molar-refractivity contribution in [1.29, 1.82) is 0 Å². The second-order valence-corrected chi connectivity index (χ2v) is 10.0. The van der Waals surface area contributed by atoms with Crippen LogP contribution in [0.4, 0.5) is 5.13 Å². The van der Waals surface area contributed by atoms with Gasteiger partial charge in [-0.05, 0) is 63.2 Å². The standard InChI is InChI=1S/C17H23N3O2S2/c1-9-14(23-8-13(18)21)24-16(19-9)20-15(22)17-5-10-2-11(6-17)4-12(3-10)7-17/h10-12H,2-8H2,1H3,(H2,18,21)(H,19,20,22). The van der Waals surface area contributed by atoms with Gasteiger partial charge in [-0.15, -0.1) is 11.8 Å². The first-order chi connectivity index (χ1) is 11.4. The first-order valence-electron chi connectivity index (χ1n) is 8.63. The average Bonchev–Trinajstić information content (AvgIpc) is 2.83. The van der Waals surface area contributed by atoms with Crippen LogP contribution in [0, 0.1) is 30.1 Å². The van der Waals surface area contributed by atoms with Crippen molar-refractivity contribution in [3.8, 4) is 0 Å². The summed E-state index contributed by atoms with van der Waals surface area (Å²) < 4.78 is 0.953. The first kappa shape index (κ1) is 16.4. The first-order valence-corrected chi connectivity index (χ1v) is 10.4. The molecule has 0 spiro atoms. The Morgan fingerprint density at radius 2 is 1.83 bits per heavy atom. The van der Waals surface area contributed by atoms with Gasteiger partial charge in [-0.25, -0.2) is 4.98 Å². The number of anilines is 1. The quantitative estimate of drug-likeness (QED) is 0.785. The Kier molecular flexibility index (Phi) is 4.11. The molecule has 4 fully saturated rings. The Hall–Kier alpha value is -1.08. The fourth-order valence-corrected chi connectivity index (χ4v) is 7.20. The van der Waals surface area contributed by atoms with Crippen LogP contribution in [0.25, 0.3) is 0 Å². The molecule has 0 radical (unpaired) electrons. The molecule has 4 bridgehead atoms. The molecule has 3 N–H and O–H groups in total. The second-order valence-electron chi connectivity index (χ2n) is 7.80. The van der Waals surface area contributed by atoms with Crippen LogP contribution in [-0.4, -0.2) is 22.6 Å². The molecule has 4 aliphatic carbocycles. The van der Waals surface area contributed by atoms with Crippen LogP contribution in [0.1, 0.15) is 44.2 Å². The average molecular weight is 366 g/mol. The molecule has 7 heteroatoms. The predicted molar refractivity (Wildman–Crippen MR) is 96.0 cm³/mol. The Morgan fingerprint density at radius 1 is 1.25 bits per heavy atom. The van der Waals surface area contributed by atoms with Gasteiger partial charge in [0.1, 0.15) is 0 Å². The Bertz CT molecular complexity index is 650. The SMILES string of the molecule is Cc1nc(NC(=O)C23CC4CC(CC(C4)C2)C3)sc1SCC(N)=O. The van der Waals surface area contributed by atoms with E-state index in [9.17, 15) is 9.59 Å². The van der Waals surface area contributed by atoms with Crippen LogP contribution in [0.3, 0.4) is 0 Å². The summed E-state index contributed by atoms with van der Waals surface area (Å²) in [5, 5.41) is 3.74. The van der Waals surface area contributed by atoms with Gasteiger partial charge in [0.05, 0.1) is 21.1 Å². The molecule has 4 aliphatic rings. The van der Waals surface area contributed by atoms with E-state index in [4.69, 9.17) is 5.73 Å². The van der Waals surface area contributed by atoms with Crippen molar-refractivity contribution >= 4 is 40.0 Å². The van der Waals surface area contributed by atoms with E-state index in [0.717, 1.165) is 46.9 Å². The molecule has 5 nitrogen and oxygen atoms in total. The fourth-order valence-electron chi connectivity index (χ4n) is 5.32. The minimum atomic E-state index is -0.341. The van der Waals surface area contributed by atoms with E-state index in [1.807, 2.05) is 6.92 Å². The number of nitrogens with two attached hydrogens (primary N) is 1. The molecule has 1 aromatic heterocycles. The van der Waals surface area contributed by atoms with Gasteiger partial charge in [0.15, 0.2) is 5.13 Å². The van der Waals surface area contributed by atoms with E-state index in [1.54, 1.807) is 0 Å². The van der Waals surface area contributed by atoms with Gasteiger partial charge < -0.3 is 11.1 Å². The number of carbonyl (C=O) groups excluding carboxylic acids is 2. The number of aromatic nitrogens is 1. The lowest BCUT2D eigenvalue weighted by Crippen LogP contribution is -2.51. The number of hydrogen-bond acceptors (Lipinski definition) is 5. The number of nitrogens with zero attached hydrogens (tertiary/aromatic N) is 1. The summed E-state index contributed by atoms with van der Waals surface area (Å²) in [7, 11) is 0. The number of thiazole rings is 1. The van der Waals surface area contributed by atoms with Gasteiger partial charge in [0.25, 0.3) is 0 Å². The van der Waals surface area contributed by atoms with Crippen LogP contribution in [0.5, 0.6) is 0 Å². The van der Waals surface area contributed by atoms with Crippen LogP contribution >= 0.6 is 23.1 Å². The molecule has 1 aromatic rings. The number of carbonyl (C=O) groups is 2. The van der Waals surface area contributed by atoms with Crippen molar-refractivity contribution in [1.82, 2.24) is 4.98 Å². The minimum Gasteiger partial charge on any atom is -0.369 e. The highest BCUT2D eigenvalue weighted by atomic mass is 32.2. The number of aryl methyl sites for hydroxylation is 1. The second kappa shape index (κ2) is 6.02. The van der Waals surface area contributed by atoms with E-state index in [-0.39, 0.29) is 23.0 Å². The van der Waals surface area contributed by atoms with Crippen molar-refractivity contribution in [3.63, 3.8) is 0 Å². The zero-order chi connectivity index (χ0) is 16.9. The van der Waals surface area contributed by atoms with Gasteiger partial charge in [0.2, 0.25) is 11.8 Å². The number of hydrogen-bond donors (Lipinski definition) is 2. The van der Waals surface area contributed by atoms with Crippen molar-refractivity contribution in [2.45, 2.75) is 49.7 Å². The van der Waals surface area contributed by atoms with Gasteiger partial charge in [-0.1, -0.05) is 11.3 Å². The van der Waals surface area contributed by atoms with E-state index >= 15 is 0 Å². The summed E-state index contributed by atoms with van der Waals surface area (Å²) in [6, 6.07) is 0. The lowest BCUT2D eigenvalue weighted by atomic mass is 9.49. The van der Waals surface area contributed by atoms with Crippen molar-refractivity contribution in [3.05, 3.63) is 5.69 Å². The molecule has 5 rings (SSSR count). The summed E-state index contributed by atoms with van der Waals surface area (Å²) in [6.45, 7) is 1.90. The largest absolute Gasteiger partial charge is 0.369 e. The number of amides is 2. The highest BCUT2D eigenvalue weighted by Crippen LogP contribution is 2.60. The predicted octanol–water partition coefficient (Wildman–Crippen LogP) is 3.18. The normalized spacial score (nSPS) is 33.6. The summed E-state index contributed by atoms with van der Waals surface area (Å²) in [5.74, 6) is 2.32. The monoisotopic (exact) mass is 365 g/mol. The highest BCUT2D eigenvalue weighted by molar-refractivity contribution is 8.01. The molecule has 0 unspecified atom stereocenters. The molecule has 0 aromatic carbocycles. The maximum Gasteiger partial charge on any atom is 0.232 e. The van der Waals surface area contributed by atoms with E-state index in [2.05, 4.69) is 10.3 Å². The summed E-state index contributed by atoms with van der Waals surface area (Å²) >= 11 is 2.84. The fraction of sp³-hybridized carbons (Fsp3) is 0.706. The van der Waals surface area contributed by atoms with Crippen LogP contribution in [-0.2, 0) is 9.59 Å². The number of thioether (sulfide) groups is 1. The maximum atomic E-state index is 13.0. The zero-order valence-electron chi connectivity index (χ0n) is 13.8.